The Balaban J connectivity index is 0.00000277. The maximum atomic E-state index is 5.13. The van der Waals surface area contributed by atoms with E-state index in [-0.39, 0.29) is 21.1 Å². The van der Waals surface area contributed by atoms with E-state index in [1.807, 2.05) is 106 Å². The molecule has 7 rings (SSSR count). The van der Waals surface area contributed by atoms with Gasteiger partial charge in [-0.1, -0.05) is 85.2 Å². The summed E-state index contributed by atoms with van der Waals surface area (Å²) in [6.07, 6.45) is 0.540. The Kier molecular flexibility index (Phi) is 6.36. The summed E-state index contributed by atoms with van der Waals surface area (Å²) in [6, 6.07) is 39.5. The summed E-state index contributed by atoms with van der Waals surface area (Å²) in [4.78, 5) is 10.2. The van der Waals surface area contributed by atoms with E-state index in [0.29, 0.717) is 6.42 Å². The van der Waals surface area contributed by atoms with Crippen molar-refractivity contribution in [1.29, 1.82) is 0 Å². The van der Waals surface area contributed by atoms with Crippen LogP contribution >= 0.6 is 0 Å². The molecule has 4 aromatic heterocycles. The molecule has 0 aliphatic carbocycles. The summed E-state index contributed by atoms with van der Waals surface area (Å²) in [6.45, 7) is 4.27. The molecule has 6 nitrogen and oxygen atoms in total. The zero-order valence-corrected chi connectivity index (χ0v) is 23.7. The Bertz CT molecular complexity index is 1770. The predicted molar refractivity (Wildman–Crippen MR) is 146 cm³/mol. The van der Waals surface area contributed by atoms with Gasteiger partial charge in [-0.15, -0.1) is 12.1 Å². The van der Waals surface area contributed by atoms with Crippen LogP contribution in [-0.2, 0) is 32.9 Å². The monoisotopic (exact) mass is 687 g/mol. The first kappa shape index (κ1) is 25.1. The van der Waals surface area contributed by atoms with Crippen molar-refractivity contribution in [1.82, 2.24) is 29.5 Å². The summed E-state index contributed by atoms with van der Waals surface area (Å²) < 4.78 is 3.85. The SMILES string of the molecule is CC1(C)c2[c-]c(n(-c3ccccc3)n2)-c2cccc(n2)Cc2[c-]c(n(-c3ccccc3)n2)-c2cccc1n2.[Pt+2]. The minimum Gasteiger partial charge on any atom is -0.346 e. The van der Waals surface area contributed by atoms with Crippen LogP contribution in [0.15, 0.2) is 97.1 Å². The maximum absolute atomic E-state index is 5.13. The zero-order valence-electron chi connectivity index (χ0n) is 21.4. The third-order valence-corrected chi connectivity index (χ3v) is 6.97. The zero-order chi connectivity index (χ0) is 25.7. The van der Waals surface area contributed by atoms with Crippen LogP contribution in [-0.4, -0.2) is 29.5 Å². The molecule has 5 heterocycles. The van der Waals surface area contributed by atoms with Crippen molar-refractivity contribution >= 4 is 0 Å². The average molecular weight is 688 g/mol. The molecule has 0 radical (unpaired) electrons. The average Bonchev–Trinajstić information content (AvgIpc) is 3.60. The molecule has 6 aromatic rings. The first-order valence-electron chi connectivity index (χ1n) is 12.7. The van der Waals surface area contributed by atoms with E-state index in [1.165, 1.54) is 0 Å². The molecule has 192 valence electrons. The molecule has 0 fully saturated rings. The first-order valence-corrected chi connectivity index (χ1v) is 12.7. The van der Waals surface area contributed by atoms with Gasteiger partial charge in [-0.25, -0.2) is 0 Å². The molecule has 0 amide bonds. The summed E-state index contributed by atoms with van der Waals surface area (Å²) >= 11 is 0. The number of para-hydroxylation sites is 2. The molecular formula is C32H24N6Pt. The molecule has 0 saturated heterocycles. The fourth-order valence-corrected chi connectivity index (χ4v) is 4.86. The van der Waals surface area contributed by atoms with Crippen molar-refractivity contribution < 1.29 is 21.1 Å². The summed E-state index contributed by atoms with van der Waals surface area (Å²) in [5.74, 6) is 0. The van der Waals surface area contributed by atoms with Crippen LogP contribution in [0.25, 0.3) is 34.2 Å². The van der Waals surface area contributed by atoms with E-state index < -0.39 is 5.41 Å². The smallest absolute Gasteiger partial charge is 0.346 e. The van der Waals surface area contributed by atoms with Crippen LogP contribution in [0, 0.1) is 12.1 Å². The van der Waals surface area contributed by atoms with Gasteiger partial charge in [0.15, 0.2) is 0 Å². The van der Waals surface area contributed by atoms with Crippen LogP contribution in [0.1, 0.15) is 36.6 Å². The molecule has 0 N–H and O–H groups in total. The molecule has 1 aliphatic rings. The molecule has 8 bridgehead atoms. The molecule has 39 heavy (non-hydrogen) atoms. The van der Waals surface area contributed by atoms with Gasteiger partial charge in [-0.2, -0.15) is 22.3 Å². The number of pyridine rings is 2. The van der Waals surface area contributed by atoms with Crippen LogP contribution in [0.5, 0.6) is 0 Å². The predicted octanol–water partition coefficient (Wildman–Crippen LogP) is 6.01. The van der Waals surface area contributed by atoms with Gasteiger partial charge >= 0.3 is 21.1 Å². The molecule has 0 unspecified atom stereocenters. The number of nitrogens with zero attached hydrogens (tertiary/aromatic N) is 6. The van der Waals surface area contributed by atoms with Gasteiger partial charge in [-0.3, -0.25) is 9.36 Å². The number of rotatable bonds is 2. The van der Waals surface area contributed by atoms with E-state index in [0.717, 1.165) is 56.9 Å². The van der Waals surface area contributed by atoms with Crippen molar-refractivity contribution in [2.75, 3.05) is 0 Å². The van der Waals surface area contributed by atoms with Crippen molar-refractivity contribution in [3.05, 3.63) is 132 Å². The Hall–Kier alpha value is -4.15. The minimum atomic E-state index is -0.521. The molecule has 1 aliphatic heterocycles. The van der Waals surface area contributed by atoms with Gasteiger partial charge in [0.1, 0.15) is 0 Å². The second-order valence-corrected chi connectivity index (χ2v) is 9.96. The second kappa shape index (κ2) is 9.86. The normalized spacial score (nSPS) is 13.3. The van der Waals surface area contributed by atoms with Gasteiger partial charge in [0.05, 0.1) is 11.4 Å². The Labute approximate surface area is 241 Å². The van der Waals surface area contributed by atoms with Crippen molar-refractivity contribution in [2.45, 2.75) is 25.7 Å². The Morgan fingerprint density at radius 3 is 1.92 bits per heavy atom. The summed E-state index contributed by atoms with van der Waals surface area (Å²) in [5, 5.41) is 10.0. The van der Waals surface area contributed by atoms with Gasteiger partial charge < -0.3 is 9.97 Å². The molecule has 0 atom stereocenters. The van der Waals surface area contributed by atoms with Crippen LogP contribution in [0.4, 0.5) is 0 Å². The van der Waals surface area contributed by atoms with Crippen molar-refractivity contribution in [2.24, 2.45) is 0 Å². The third-order valence-electron chi connectivity index (χ3n) is 6.97. The van der Waals surface area contributed by atoms with E-state index >= 15 is 0 Å². The van der Waals surface area contributed by atoms with E-state index in [9.17, 15) is 0 Å². The van der Waals surface area contributed by atoms with Crippen molar-refractivity contribution in [3.63, 3.8) is 0 Å². The van der Waals surface area contributed by atoms with Crippen molar-refractivity contribution in [3.8, 4) is 34.2 Å². The molecule has 7 heteroatoms. The van der Waals surface area contributed by atoms with Crippen LogP contribution < -0.4 is 0 Å². The van der Waals surface area contributed by atoms with E-state index in [1.54, 1.807) is 0 Å². The van der Waals surface area contributed by atoms with Gasteiger partial charge in [0.25, 0.3) is 0 Å². The van der Waals surface area contributed by atoms with E-state index in [2.05, 4.69) is 26.0 Å². The fourth-order valence-electron chi connectivity index (χ4n) is 4.86. The molecular weight excluding hydrogens is 663 g/mol. The summed E-state index contributed by atoms with van der Waals surface area (Å²) in [5.41, 5.74) is 8.03. The van der Waals surface area contributed by atoms with Crippen LogP contribution in [0.3, 0.4) is 0 Å². The number of benzene rings is 2. The molecule has 2 aromatic carbocycles. The largest absolute Gasteiger partial charge is 2.00 e. The van der Waals surface area contributed by atoms with Gasteiger partial charge in [0.2, 0.25) is 0 Å². The number of hydrogen-bond donors (Lipinski definition) is 0. The Morgan fingerprint density at radius 1 is 0.641 bits per heavy atom. The quantitative estimate of drug-likeness (QED) is 0.210. The number of hydrogen-bond acceptors (Lipinski definition) is 4. The maximum Gasteiger partial charge on any atom is 2.00 e. The van der Waals surface area contributed by atoms with E-state index in [4.69, 9.17) is 20.2 Å². The fraction of sp³-hybridized carbons (Fsp3) is 0.125. The standard InChI is InChI=1S/C32H24N6.Pt/c1-32(2)30-18-10-17-27(34-30)28-20-23(35-37(28)24-12-5-3-6-13-24)19-22-11-9-16-26(33-22)29-21-31(32)36-38(29)25-14-7-4-8-15-25;/h3-18H,19H2,1-2H3;/q-2;+2. The van der Waals surface area contributed by atoms with Crippen LogP contribution in [0.2, 0.25) is 0 Å². The molecule has 0 spiro atoms. The topological polar surface area (TPSA) is 61.4 Å². The number of fused-ring (bicyclic) bond motifs is 10. The number of aromatic nitrogens is 6. The molecule has 0 saturated carbocycles. The minimum absolute atomic E-state index is 0. The van der Waals surface area contributed by atoms with Gasteiger partial charge in [-0.05, 0) is 47.8 Å². The summed E-state index contributed by atoms with van der Waals surface area (Å²) in [7, 11) is 0. The second-order valence-electron chi connectivity index (χ2n) is 9.96. The third kappa shape index (κ3) is 4.45. The van der Waals surface area contributed by atoms with Gasteiger partial charge in [0, 0.05) is 23.2 Å². The first-order chi connectivity index (χ1) is 18.6. The Morgan fingerprint density at radius 2 is 1.23 bits per heavy atom.